The minimum Gasteiger partial charge on any atom is -0.441 e. The summed E-state index contributed by atoms with van der Waals surface area (Å²) >= 11 is 6.30. The molecule has 1 aromatic heterocycles. The van der Waals surface area contributed by atoms with Crippen molar-refractivity contribution >= 4 is 40.8 Å². The molecule has 42 heavy (non-hydrogen) atoms. The third-order valence-corrected chi connectivity index (χ3v) is 7.79. The van der Waals surface area contributed by atoms with Crippen molar-refractivity contribution in [2.75, 3.05) is 16.4 Å². The molecule has 2 N–H and O–H groups in total. The van der Waals surface area contributed by atoms with Gasteiger partial charge < -0.3 is 19.8 Å². The van der Waals surface area contributed by atoms with Crippen LogP contribution in [0.1, 0.15) is 43.5 Å². The van der Waals surface area contributed by atoms with Gasteiger partial charge in [0.1, 0.15) is 0 Å². The van der Waals surface area contributed by atoms with E-state index in [2.05, 4.69) is 10.3 Å². The number of hydrogen-bond acceptors (Lipinski definition) is 8. The number of nitrogens with zero attached hydrogens (tertiary/aromatic N) is 5. The summed E-state index contributed by atoms with van der Waals surface area (Å²) in [5.74, 6) is -1.63. The Kier molecular flexibility index (Phi) is 8.44. The van der Waals surface area contributed by atoms with E-state index in [1.54, 1.807) is 65.2 Å². The molecular formula is C30H32ClN5O6. The predicted octanol–water partition coefficient (Wildman–Crippen LogP) is 3.11. The summed E-state index contributed by atoms with van der Waals surface area (Å²) in [5, 5.41) is 29.4. The second-order valence-corrected chi connectivity index (χ2v) is 10.9. The zero-order chi connectivity index (χ0) is 30.0. The first kappa shape index (κ1) is 29.4. The van der Waals surface area contributed by atoms with Crippen molar-refractivity contribution in [3.63, 3.8) is 0 Å². The maximum absolute atomic E-state index is 13.8. The van der Waals surface area contributed by atoms with Gasteiger partial charge >= 0.3 is 5.97 Å². The minimum absolute atomic E-state index is 0.00816. The van der Waals surface area contributed by atoms with Gasteiger partial charge in [-0.25, -0.2) is 0 Å². The van der Waals surface area contributed by atoms with E-state index < -0.39 is 29.6 Å². The smallest absolute Gasteiger partial charge is 0.304 e. The predicted molar refractivity (Wildman–Crippen MR) is 154 cm³/mol. The van der Waals surface area contributed by atoms with E-state index in [0.29, 0.717) is 47.0 Å². The van der Waals surface area contributed by atoms with Crippen molar-refractivity contribution in [1.82, 2.24) is 15.0 Å². The lowest BCUT2D eigenvalue weighted by Crippen LogP contribution is -2.54. The SMILES string of the molecule is CC(=O)OC1CC(=O)N1c1ccc(CN2C(=O)[C@](O)([C@H](C)/C=C/CCn3cc(CCO)nn3)c3cc(Cl)ccc32)cc1. The molecule has 0 radical (unpaired) electrons. The molecule has 3 atom stereocenters. The lowest BCUT2D eigenvalue weighted by atomic mass is 9.83. The Hall–Kier alpha value is -4.06. The lowest BCUT2D eigenvalue weighted by molar-refractivity contribution is -0.153. The monoisotopic (exact) mass is 593 g/mol. The number of amides is 2. The zero-order valence-corrected chi connectivity index (χ0v) is 24.1. The Morgan fingerprint density at radius 2 is 2.00 bits per heavy atom. The van der Waals surface area contributed by atoms with Crippen LogP contribution in [-0.4, -0.2) is 55.8 Å². The van der Waals surface area contributed by atoms with E-state index in [-0.39, 0.29) is 25.5 Å². The van der Waals surface area contributed by atoms with Gasteiger partial charge in [0.15, 0.2) is 11.8 Å². The van der Waals surface area contributed by atoms with E-state index in [1.807, 2.05) is 12.2 Å². The molecule has 1 fully saturated rings. The quantitative estimate of drug-likeness (QED) is 0.196. The summed E-state index contributed by atoms with van der Waals surface area (Å²) in [7, 11) is 0. The maximum Gasteiger partial charge on any atom is 0.304 e. The summed E-state index contributed by atoms with van der Waals surface area (Å²) in [6.07, 6.45) is 6.06. The molecule has 1 saturated heterocycles. The Morgan fingerprint density at radius 3 is 2.69 bits per heavy atom. The van der Waals surface area contributed by atoms with E-state index in [0.717, 1.165) is 5.56 Å². The summed E-state index contributed by atoms with van der Waals surface area (Å²) < 4.78 is 6.88. The van der Waals surface area contributed by atoms with Crippen molar-refractivity contribution in [2.24, 2.45) is 5.92 Å². The molecule has 5 rings (SSSR count). The van der Waals surface area contributed by atoms with Gasteiger partial charge in [0.25, 0.3) is 5.91 Å². The number of aliphatic hydroxyl groups is 2. The van der Waals surface area contributed by atoms with Gasteiger partial charge in [-0.15, -0.1) is 5.10 Å². The number of hydrogen-bond donors (Lipinski definition) is 2. The van der Waals surface area contributed by atoms with Crippen molar-refractivity contribution in [2.45, 2.75) is 58.0 Å². The number of anilines is 2. The number of aliphatic hydroxyl groups excluding tert-OH is 1. The largest absolute Gasteiger partial charge is 0.441 e. The molecule has 220 valence electrons. The van der Waals surface area contributed by atoms with Crippen LogP contribution in [0.3, 0.4) is 0 Å². The number of allylic oxidation sites excluding steroid dienone is 1. The van der Waals surface area contributed by atoms with Gasteiger partial charge in [0.05, 0.1) is 24.3 Å². The average molecular weight is 594 g/mol. The summed E-state index contributed by atoms with van der Waals surface area (Å²) in [6.45, 7) is 3.85. The van der Waals surface area contributed by atoms with Crippen LogP contribution in [0, 0.1) is 5.92 Å². The van der Waals surface area contributed by atoms with E-state index in [4.69, 9.17) is 21.4 Å². The molecular weight excluding hydrogens is 562 g/mol. The highest BCUT2D eigenvalue weighted by molar-refractivity contribution is 6.31. The second-order valence-electron chi connectivity index (χ2n) is 10.5. The first-order valence-electron chi connectivity index (χ1n) is 13.7. The van der Waals surface area contributed by atoms with Crippen molar-refractivity contribution in [3.8, 4) is 0 Å². The number of aryl methyl sites for hydroxylation is 1. The number of fused-ring (bicyclic) bond motifs is 1. The normalized spacial score (nSPS) is 20.6. The lowest BCUT2D eigenvalue weighted by Gasteiger charge is -2.39. The molecule has 1 unspecified atom stereocenters. The first-order valence-corrected chi connectivity index (χ1v) is 14.1. The van der Waals surface area contributed by atoms with Gasteiger partial charge in [0.2, 0.25) is 5.91 Å². The number of benzene rings is 2. The number of carbonyl (C=O) groups excluding carboxylic acids is 3. The number of esters is 1. The van der Waals surface area contributed by atoms with Crippen LogP contribution in [0.15, 0.2) is 60.8 Å². The Labute approximate surface area is 247 Å². The molecule has 2 aliphatic rings. The third-order valence-electron chi connectivity index (χ3n) is 7.56. The van der Waals surface area contributed by atoms with Crippen LogP contribution >= 0.6 is 11.6 Å². The van der Waals surface area contributed by atoms with Gasteiger partial charge in [-0.05, 0) is 42.3 Å². The van der Waals surface area contributed by atoms with Crippen molar-refractivity contribution < 1.29 is 29.3 Å². The summed E-state index contributed by atoms with van der Waals surface area (Å²) in [6, 6.07) is 12.1. The molecule has 0 saturated carbocycles. The third kappa shape index (κ3) is 5.67. The van der Waals surface area contributed by atoms with Crippen molar-refractivity contribution in [1.29, 1.82) is 0 Å². The zero-order valence-electron chi connectivity index (χ0n) is 23.3. The first-order chi connectivity index (χ1) is 20.1. The number of β-lactam (4-membered cyclic amide) rings is 1. The fraction of sp³-hybridized carbons (Fsp3) is 0.367. The molecule has 3 heterocycles. The number of ether oxygens (including phenoxy) is 1. The standard InChI is InChI=1S/C30H32ClN5O6/c1-19(5-3-4-13-34-18-23(12-14-37)32-33-34)30(41)25-15-22(31)8-11-26(25)35(29(30)40)17-21-6-9-24(10-7-21)36-27(39)16-28(36)42-20(2)38/h3,5-11,15,18-19,28,37,41H,4,12-14,16-17H2,1-2H3/b5-3+/t19-,28?,30+/m1/s1. The number of rotatable bonds is 11. The molecule has 3 aromatic rings. The molecule has 2 amide bonds. The topological polar surface area (TPSA) is 138 Å². The molecule has 2 aliphatic heterocycles. The number of halogens is 1. The van der Waals surface area contributed by atoms with Crippen LogP contribution in [0.5, 0.6) is 0 Å². The highest BCUT2D eigenvalue weighted by Crippen LogP contribution is 2.46. The van der Waals surface area contributed by atoms with E-state index in [9.17, 15) is 19.5 Å². The Balaban J connectivity index is 1.30. The highest BCUT2D eigenvalue weighted by atomic mass is 35.5. The number of carbonyl (C=O) groups is 3. The molecule has 0 spiro atoms. The van der Waals surface area contributed by atoms with E-state index in [1.165, 1.54) is 11.8 Å². The highest BCUT2D eigenvalue weighted by Gasteiger charge is 2.52. The maximum atomic E-state index is 13.8. The average Bonchev–Trinajstić information content (AvgIpc) is 3.48. The molecule has 0 aliphatic carbocycles. The number of aromatic nitrogens is 3. The fourth-order valence-corrected chi connectivity index (χ4v) is 5.50. The van der Waals surface area contributed by atoms with Gasteiger partial charge in [-0.2, -0.15) is 0 Å². The van der Waals surface area contributed by atoms with E-state index >= 15 is 0 Å². The molecule has 2 aromatic carbocycles. The van der Waals surface area contributed by atoms with Crippen LogP contribution in [0.4, 0.5) is 11.4 Å². The minimum atomic E-state index is -1.82. The van der Waals surface area contributed by atoms with Crippen LogP contribution in [-0.2, 0) is 44.2 Å². The molecule has 0 bridgehead atoms. The van der Waals surface area contributed by atoms with Crippen molar-refractivity contribution in [3.05, 3.63) is 82.7 Å². The van der Waals surface area contributed by atoms with Gasteiger partial charge in [-0.1, -0.05) is 48.0 Å². The second kappa shape index (κ2) is 12.0. The van der Waals surface area contributed by atoms with Crippen LogP contribution < -0.4 is 9.80 Å². The Bertz CT molecular complexity index is 1520. The van der Waals surface area contributed by atoms with Crippen LogP contribution in [0.25, 0.3) is 0 Å². The molecule has 11 nitrogen and oxygen atoms in total. The summed E-state index contributed by atoms with van der Waals surface area (Å²) in [4.78, 5) is 40.3. The Morgan fingerprint density at radius 1 is 1.24 bits per heavy atom. The van der Waals surface area contributed by atoms with Gasteiger partial charge in [0, 0.05) is 54.9 Å². The summed E-state index contributed by atoms with van der Waals surface area (Å²) in [5.41, 5.74) is 1.28. The fourth-order valence-electron chi connectivity index (χ4n) is 5.33. The van der Waals surface area contributed by atoms with Gasteiger partial charge in [-0.3, -0.25) is 24.0 Å². The molecule has 12 heteroatoms. The van der Waals surface area contributed by atoms with Crippen LogP contribution in [0.2, 0.25) is 5.02 Å².